The molecular weight excluding hydrogens is 230 g/mol. The normalized spacial score (nSPS) is 30.8. The van der Waals surface area contributed by atoms with Crippen LogP contribution in [0.5, 0.6) is 0 Å². The molecule has 1 atom stereocenters. The molecule has 0 bridgehead atoms. The Balaban J connectivity index is 2.24. The van der Waals surface area contributed by atoms with E-state index < -0.39 is 5.54 Å². The summed E-state index contributed by atoms with van der Waals surface area (Å²) in [6, 6.07) is -0.188. The van der Waals surface area contributed by atoms with Crippen molar-refractivity contribution in [3.8, 4) is 0 Å². The van der Waals surface area contributed by atoms with Gasteiger partial charge < -0.3 is 10.6 Å². The lowest BCUT2D eigenvalue weighted by atomic mass is 9.74. The molecule has 0 aliphatic carbocycles. The number of imide groups is 1. The second-order valence-electron chi connectivity index (χ2n) is 6.46. The molecule has 1 unspecified atom stereocenters. The third-order valence-electron chi connectivity index (χ3n) is 4.40. The van der Waals surface area contributed by atoms with Crippen LogP contribution in [0.25, 0.3) is 0 Å². The van der Waals surface area contributed by atoms with Gasteiger partial charge in [0.25, 0.3) is 5.91 Å². The molecule has 2 aliphatic heterocycles. The van der Waals surface area contributed by atoms with Gasteiger partial charge in [-0.3, -0.25) is 9.69 Å². The van der Waals surface area contributed by atoms with Crippen LogP contribution in [0.1, 0.15) is 40.5 Å². The predicted octanol–water partition coefficient (Wildman–Crippen LogP) is 1.09. The Morgan fingerprint density at radius 2 is 1.78 bits per heavy atom. The molecule has 2 fully saturated rings. The van der Waals surface area contributed by atoms with Crippen LogP contribution in [0.4, 0.5) is 4.79 Å². The first-order valence-corrected chi connectivity index (χ1v) is 6.64. The number of hydrogen-bond acceptors (Lipinski definition) is 3. The van der Waals surface area contributed by atoms with E-state index in [1.54, 1.807) is 0 Å². The number of carbonyl (C=O) groups excluding carboxylic acids is 2. The summed E-state index contributed by atoms with van der Waals surface area (Å²) in [6.07, 6.45) is 1.69. The van der Waals surface area contributed by atoms with Gasteiger partial charge in [0.2, 0.25) is 0 Å². The quantitative estimate of drug-likeness (QED) is 0.688. The molecule has 5 heteroatoms. The van der Waals surface area contributed by atoms with Crippen molar-refractivity contribution in [1.29, 1.82) is 0 Å². The largest absolute Gasteiger partial charge is 0.325 e. The van der Waals surface area contributed by atoms with E-state index in [1.807, 2.05) is 27.7 Å². The first kappa shape index (κ1) is 13.3. The van der Waals surface area contributed by atoms with Crippen molar-refractivity contribution < 1.29 is 9.59 Å². The molecule has 0 aromatic carbocycles. The van der Waals surface area contributed by atoms with E-state index in [9.17, 15) is 9.59 Å². The molecule has 102 valence electrons. The zero-order chi connectivity index (χ0) is 13.6. The highest BCUT2D eigenvalue weighted by atomic mass is 16.2. The minimum Gasteiger partial charge on any atom is -0.323 e. The predicted molar refractivity (Wildman–Crippen MR) is 69.1 cm³/mol. The molecule has 18 heavy (non-hydrogen) atoms. The summed E-state index contributed by atoms with van der Waals surface area (Å²) in [6.45, 7) is 9.52. The summed E-state index contributed by atoms with van der Waals surface area (Å²) < 4.78 is 0. The molecule has 0 radical (unpaired) electrons. The Morgan fingerprint density at radius 1 is 1.22 bits per heavy atom. The first-order valence-electron chi connectivity index (χ1n) is 6.64. The maximum Gasteiger partial charge on any atom is 0.325 e. The van der Waals surface area contributed by atoms with Gasteiger partial charge in [-0.1, -0.05) is 20.8 Å². The van der Waals surface area contributed by atoms with Crippen LogP contribution in [0.3, 0.4) is 0 Å². The Labute approximate surface area is 108 Å². The fraction of sp³-hybridized carbons (Fsp3) is 0.846. The van der Waals surface area contributed by atoms with Gasteiger partial charge in [0.15, 0.2) is 0 Å². The Hall–Kier alpha value is -1.10. The smallest absolute Gasteiger partial charge is 0.323 e. The second-order valence-corrected chi connectivity index (χ2v) is 6.46. The second kappa shape index (κ2) is 4.23. The van der Waals surface area contributed by atoms with Crippen LogP contribution in [0, 0.1) is 5.41 Å². The highest BCUT2D eigenvalue weighted by Crippen LogP contribution is 2.36. The highest BCUT2D eigenvalue weighted by molar-refractivity contribution is 6.07. The van der Waals surface area contributed by atoms with E-state index in [2.05, 4.69) is 10.6 Å². The number of urea groups is 1. The molecule has 2 heterocycles. The molecule has 5 nitrogen and oxygen atoms in total. The standard InChI is InChI=1S/C13H23N3O2/c1-12(2,3)13(4)10(17)16(11(18)15-13)9-5-7-14-8-6-9/h9,14H,5-8H2,1-4H3,(H,15,18). The first-order chi connectivity index (χ1) is 8.27. The Morgan fingerprint density at radius 3 is 2.22 bits per heavy atom. The molecule has 3 amide bonds. The van der Waals surface area contributed by atoms with E-state index in [4.69, 9.17) is 0 Å². The van der Waals surface area contributed by atoms with Crippen molar-refractivity contribution in [2.45, 2.75) is 52.1 Å². The number of amides is 3. The average Bonchev–Trinajstić information content (AvgIpc) is 2.51. The van der Waals surface area contributed by atoms with Crippen molar-refractivity contribution in [3.63, 3.8) is 0 Å². The zero-order valence-electron chi connectivity index (χ0n) is 11.7. The summed E-state index contributed by atoms with van der Waals surface area (Å²) >= 11 is 0. The van der Waals surface area contributed by atoms with Gasteiger partial charge in [0.1, 0.15) is 5.54 Å². The van der Waals surface area contributed by atoms with E-state index in [0.29, 0.717) is 0 Å². The summed E-state index contributed by atoms with van der Waals surface area (Å²) in [5, 5.41) is 6.13. The van der Waals surface area contributed by atoms with Crippen LogP contribution in [-0.2, 0) is 4.79 Å². The number of hydrogen-bond donors (Lipinski definition) is 2. The number of nitrogens with zero attached hydrogens (tertiary/aromatic N) is 1. The van der Waals surface area contributed by atoms with E-state index in [-0.39, 0.29) is 23.4 Å². The van der Waals surface area contributed by atoms with Gasteiger partial charge in [-0.25, -0.2) is 4.79 Å². The molecule has 2 aliphatic rings. The van der Waals surface area contributed by atoms with E-state index in [0.717, 1.165) is 25.9 Å². The van der Waals surface area contributed by atoms with Crippen molar-refractivity contribution in [2.24, 2.45) is 5.41 Å². The molecule has 0 spiro atoms. The van der Waals surface area contributed by atoms with Gasteiger partial charge in [-0.2, -0.15) is 0 Å². The van der Waals surface area contributed by atoms with Crippen molar-refractivity contribution in [3.05, 3.63) is 0 Å². The van der Waals surface area contributed by atoms with Crippen LogP contribution >= 0.6 is 0 Å². The summed E-state index contributed by atoms with van der Waals surface area (Å²) in [5.41, 5.74) is -1.09. The third kappa shape index (κ3) is 1.90. The molecule has 0 aromatic rings. The van der Waals surface area contributed by atoms with Crippen molar-refractivity contribution >= 4 is 11.9 Å². The fourth-order valence-electron chi connectivity index (χ4n) is 2.57. The Bertz CT molecular complexity index is 369. The van der Waals surface area contributed by atoms with E-state index >= 15 is 0 Å². The summed E-state index contributed by atoms with van der Waals surface area (Å²) in [4.78, 5) is 26.2. The van der Waals surface area contributed by atoms with Gasteiger partial charge in [0, 0.05) is 6.04 Å². The summed E-state index contributed by atoms with van der Waals surface area (Å²) in [5.74, 6) is -0.0769. The van der Waals surface area contributed by atoms with Crippen LogP contribution in [0.2, 0.25) is 0 Å². The highest BCUT2D eigenvalue weighted by Gasteiger charge is 2.55. The van der Waals surface area contributed by atoms with Crippen LogP contribution in [-0.4, -0.2) is 41.5 Å². The zero-order valence-corrected chi connectivity index (χ0v) is 11.7. The number of piperidine rings is 1. The monoisotopic (exact) mass is 253 g/mol. The topological polar surface area (TPSA) is 61.4 Å². The lowest BCUT2D eigenvalue weighted by Crippen LogP contribution is -2.55. The SMILES string of the molecule is CC(C)(C)C1(C)NC(=O)N(C2CCNCC2)C1=O. The number of carbonyl (C=O) groups is 2. The summed E-state index contributed by atoms with van der Waals surface area (Å²) in [7, 11) is 0. The third-order valence-corrected chi connectivity index (χ3v) is 4.40. The fourth-order valence-corrected chi connectivity index (χ4v) is 2.57. The molecule has 0 saturated carbocycles. The van der Waals surface area contributed by atoms with Crippen molar-refractivity contribution in [2.75, 3.05) is 13.1 Å². The molecule has 2 rings (SSSR count). The minimum absolute atomic E-state index is 0.0444. The molecular formula is C13H23N3O2. The lowest BCUT2D eigenvalue weighted by molar-refractivity contribution is -0.136. The molecule has 0 aromatic heterocycles. The number of rotatable bonds is 1. The molecule has 2 saturated heterocycles. The maximum absolute atomic E-state index is 12.6. The van der Waals surface area contributed by atoms with E-state index in [1.165, 1.54) is 4.90 Å². The minimum atomic E-state index is -0.797. The lowest BCUT2D eigenvalue weighted by Gasteiger charge is -2.36. The average molecular weight is 253 g/mol. The van der Waals surface area contributed by atoms with Crippen LogP contribution < -0.4 is 10.6 Å². The Kier molecular flexibility index (Phi) is 3.13. The van der Waals surface area contributed by atoms with Crippen molar-refractivity contribution in [1.82, 2.24) is 15.5 Å². The van der Waals surface area contributed by atoms with Gasteiger partial charge in [0.05, 0.1) is 0 Å². The van der Waals surface area contributed by atoms with Crippen LogP contribution in [0.15, 0.2) is 0 Å². The van der Waals surface area contributed by atoms with Gasteiger partial charge in [-0.05, 0) is 38.3 Å². The van der Waals surface area contributed by atoms with Gasteiger partial charge >= 0.3 is 6.03 Å². The molecule has 2 N–H and O–H groups in total. The van der Waals surface area contributed by atoms with Gasteiger partial charge in [-0.15, -0.1) is 0 Å². The number of nitrogens with one attached hydrogen (secondary N) is 2. The maximum atomic E-state index is 12.6.